The fraction of sp³-hybridized carbons (Fsp3) is 0.300. The van der Waals surface area contributed by atoms with Gasteiger partial charge >= 0.3 is 17.8 Å². The summed E-state index contributed by atoms with van der Waals surface area (Å²) in [6.07, 6.45) is -5.74. The third-order valence-electron chi connectivity index (χ3n) is 2.67. The number of hydrogen-bond acceptors (Lipinski definition) is 2. The van der Waals surface area contributed by atoms with E-state index >= 15 is 0 Å². The van der Waals surface area contributed by atoms with Crippen LogP contribution in [-0.2, 0) is 0 Å². The summed E-state index contributed by atoms with van der Waals surface area (Å²) >= 11 is 0. The largest absolute Gasteiger partial charge is 0.455 e. The van der Waals surface area contributed by atoms with E-state index in [1.54, 1.807) is 0 Å². The quantitative estimate of drug-likeness (QED) is 0.737. The Morgan fingerprint density at radius 3 is 2.21 bits per heavy atom. The molecule has 9 heteroatoms. The first-order chi connectivity index (χ1) is 8.63. The van der Waals surface area contributed by atoms with Crippen LogP contribution in [0.1, 0.15) is 11.6 Å². The minimum atomic E-state index is -5.74. The van der Waals surface area contributed by atoms with Crippen LogP contribution in [0.15, 0.2) is 23.0 Å². The van der Waals surface area contributed by atoms with Crippen LogP contribution in [0, 0.1) is 0 Å². The van der Waals surface area contributed by atoms with Crippen molar-refractivity contribution in [1.82, 2.24) is 9.97 Å². The van der Waals surface area contributed by atoms with E-state index < -0.39 is 29.4 Å². The van der Waals surface area contributed by atoms with Crippen LogP contribution in [0.25, 0.3) is 11.0 Å². The molecule has 104 valence electrons. The number of aromatic nitrogens is 2. The molecule has 0 saturated carbocycles. The third kappa shape index (κ3) is 2.21. The first kappa shape index (κ1) is 13.5. The predicted octanol–water partition coefficient (Wildman–Crippen LogP) is 2.05. The summed E-state index contributed by atoms with van der Waals surface area (Å²) in [6.45, 7) is 0. The number of alkyl halides is 5. The summed E-state index contributed by atoms with van der Waals surface area (Å²) in [4.78, 5) is 15.5. The monoisotopic (exact) mass is 281 g/mol. The van der Waals surface area contributed by atoms with Gasteiger partial charge in [-0.05, 0) is 17.7 Å². The molecule has 0 aliphatic heterocycles. The van der Waals surface area contributed by atoms with Crippen molar-refractivity contribution in [1.29, 1.82) is 0 Å². The average Bonchev–Trinajstić information content (AvgIpc) is 2.65. The van der Waals surface area contributed by atoms with Crippen molar-refractivity contribution < 1.29 is 22.0 Å². The second-order valence-electron chi connectivity index (χ2n) is 3.98. The highest BCUT2D eigenvalue weighted by molar-refractivity contribution is 5.75. The van der Waals surface area contributed by atoms with Gasteiger partial charge in [0.05, 0.1) is 11.0 Å². The molecule has 4 nitrogen and oxygen atoms in total. The Balaban J connectivity index is 2.46. The predicted molar refractivity (Wildman–Crippen MR) is 56.8 cm³/mol. The Morgan fingerprint density at radius 2 is 1.63 bits per heavy atom. The molecule has 0 spiro atoms. The van der Waals surface area contributed by atoms with Crippen molar-refractivity contribution in [2.24, 2.45) is 5.73 Å². The van der Waals surface area contributed by atoms with Crippen molar-refractivity contribution in [3.05, 3.63) is 34.2 Å². The van der Waals surface area contributed by atoms with Gasteiger partial charge in [-0.25, -0.2) is 4.79 Å². The molecule has 0 radical (unpaired) electrons. The summed E-state index contributed by atoms with van der Waals surface area (Å²) in [6, 6.07) is 0.651. The molecule has 4 N–H and O–H groups in total. The maximum atomic E-state index is 13.1. The molecule has 1 aromatic heterocycles. The van der Waals surface area contributed by atoms with E-state index in [-0.39, 0.29) is 11.0 Å². The summed E-state index contributed by atoms with van der Waals surface area (Å²) < 4.78 is 62.8. The lowest BCUT2D eigenvalue weighted by molar-refractivity contribution is -0.290. The van der Waals surface area contributed by atoms with Crippen molar-refractivity contribution in [3.63, 3.8) is 0 Å². The Bertz CT molecular complexity index is 657. The van der Waals surface area contributed by atoms with Crippen LogP contribution in [0.5, 0.6) is 0 Å². The minimum Gasteiger partial charge on any atom is -0.319 e. The molecule has 1 heterocycles. The lowest BCUT2D eigenvalue weighted by atomic mass is 10.0. The van der Waals surface area contributed by atoms with Gasteiger partial charge in [-0.1, -0.05) is 6.07 Å². The van der Waals surface area contributed by atoms with E-state index in [9.17, 15) is 26.7 Å². The van der Waals surface area contributed by atoms with Gasteiger partial charge < -0.3 is 15.7 Å². The molecule has 2 rings (SSSR count). The summed E-state index contributed by atoms with van der Waals surface area (Å²) in [5.74, 6) is -5.06. The van der Waals surface area contributed by atoms with E-state index in [4.69, 9.17) is 5.73 Å². The topological polar surface area (TPSA) is 74.7 Å². The van der Waals surface area contributed by atoms with Gasteiger partial charge in [0.1, 0.15) is 6.04 Å². The lowest BCUT2D eigenvalue weighted by Crippen LogP contribution is -2.45. The molecule has 0 fully saturated rings. The molecule has 1 unspecified atom stereocenters. The third-order valence-corrected chi connectivity index (χ3v) is 2.67. The molecular formula is C10H8F5N3O. The maximum Gasteiger partial charge on any atom is 0.455 e. The number of H-pyrrole nitrogens is 2. The number of benzene rings is 1. The number of fused-ring (bicyclic) bond motifs is 1. The zero-order chi connectivity index (χ0) is 14.4. The van der Waals surface area contributed by atoms with Crippen molar-refractivity contribution >= 4 is 11.0 Å². The summed E-state index contributed by atoms with van der Waals surface area (Å²) in [5, 5.41) is 0. The van der Waals surface area contributed by atoms with Gasteiger partial charge in [0.15, 0.2) is 0 Å². The Morgan fingerprint density at radius 1 is 1.05 bits per heavy atom. The Kier molecular flexibility index (Phi) is 2.89. The number of halogens is 5. The average molecular weight is 281 g/mol. The van der Waals surface area contributed by atoms with Gasteiger partial charge in [-0.2, -0.15) is 22.0 Å². The molecule has 1 atom stereocenters. The van der Waals surface area contributed by atoms with Gasteiger partial charge in [0.2, 0.25) is 0 Å². The first-order valence-electron chi connectivity index (χ1n) is 5.05. The van der Waals surface area contributed by atoms with E-state index in [0.717, 1.165) is 12.1 Å². The fourth-order valence-electron chi connectivity index (χ4n) is 1.63. The molecular weight excluding hydrogens is 273 g/mol. The van der Waals surface area contributed by atoms with Crippen molar-refractivity contribution in [3.8, 4) is 0 Å². The Hall–Kier alpha value is -1.90. The zero-order valence-corrected chi connectivity index (χ0v) is 9.18. The number of nitrogens with two attached hydrogens (primary N) is 1. The molecule has 0 aliphatic rings. The summed E-state index contributed by atoms with van der Waals surface area (Å²) in [5.41, 5.74) is 4.36. The number of hydrogen-bond donors (Lipinski definition) is 3. The number of nitrogens with one attached hydrogen (secondary N) is 2. The molecule has 1 aromatic carbocycles. The number of rotatable bonds is 2. The Labute approximate surface area is 102 Å². The molecule has 0 bridgehead atoms. The minimum absolute atomic E-state index is 0.107. The van der Waals surface area contributed by atoms with Gasteiger partial charge in [-0.15, -0.1) is 0 Å². The van der Waals surface area contributed by atoms with Gasteiger partial charge in [0, 0.05) is 0 Å². The SMILES string of the molecule is NC(c1ccc2[nH]c(=O)[nH]c2c1)C(F)(F)C(F)(F)F. The van der Waals surface area contributed by atoms with E-state index in [2.05, 4.69) is 9.97 Å². The highest BCUT2D eigenvalue weighted by atomic mass is 19.4. The first-order valence-corrected chi connectivity index (χ1v) is 5.05. The molecule has 0 aliphatic carbocycles. The standard InChI is InChI=1S/C10H8F5N3O/c11-9(12,10(13,14)15)7(16)4-1-2-5-6(3-4)18-8(19)17-5/h1-3,7H,16H2,(H2,17,18,19). The summed E-state index contributed by atoms with van der Waals surface area (Å²) in [7, 11) is 0. The molecule has 0 amide bonds. The zero-order valence-electron chi connectivity index (χ0n) is 9.18. The smallest absolute Gasteiger partial charge is 0.319 e. The molecule has 2 aromatic rings. The van der Waals surface area contributed by atoms with Crippen molar-refractivity contribution in [2.75, 3.05) is 0 Å². The number of imidazole rings is 1. The lowest BCUT2D eigenvalue weighted by Gasteiger charge is -2.25. The van der Waals surface area contributed by atoms with Crippen LogP contribution < -0.4 is 11.4 Å². The van der Waals surface area contributed by atoms with E-state index in [1.165, 1.54) is 6.07 Å². The second-order valence-corrected chi connectivity index (χ2v) is 3.98. The molecule has 0 saturated heterocycles. The van der Waals surface area contributed by atoms with E-state index in [0.29, 0.717) is 0 Å². The molecule has 19 heavy (non-hydrogen) atoms. The van der Waals surface area contributed by atoms with E-state index in [1.807, 2.05) is 0 Å². The highest BCUT2D eigenvalue weighted by Gasteiger charge is 2.61. The number of aromatic amines is 2. The maximum absolute atomic E-state index is 13.1. The van der Waals surface area contributed by atoms with Crippen LogP contribution >= 0.6 is 0 Å². The van der Waals surface area contributed by atoms with Crippen LogP contribution in [0.2, 0.25) is 0 Å². The van der Waals surface area contributed by atoms with Gasteiger partial charge in [0.25, 0.3) is 0 Å². The van der Waals surface area contributed by atoms with Gasteiger partial charge in [-0.3, -0.25) is 0 Å². The van der Waals surface area contributed by atoms with Crippen LogP contribution in [-0.4, -0.2) is 22.1 Å². The van der Waals surface area contributed by atoms with Crippen LogP contribution in [0.3, 0.4) is 0 Å². The fourth-order valence-corrected chi connectivity index (χ4v) is 1.63. The second kappa shape index (κ2) is 4.05. The highest BCUT2D eigenvalue weighted by Crippen LogP contribution is 2.43. The van der Waals surface area contributed by atoms with Crippen LogP contribution in [0.4, 0.5) is 22.0 Å². The normalized spacial score (nSPS) is 14.8. The van der Waals surface area contributed by atoms with Crippen molar-refractivity contribution in [2.45, 2.75) is 18.1 Å².